The molecule has 0 unspecified atom stereocenters. The van der Waals surface area contributed by atoms with Crippen molar-refractivity contribution in [2.45, 2.75) is 0 Å². The van der Waals surface area contributed by atoms with Gasteiger partial charge in [0, 0.05) is 24.4 Å². The molecule has 0 fully saturated rings. The van der Waals surface area contributed by atoms with E-state index in [1.54, 1.807) is 30.3 Å². The van der Waals surface area contributed by atoms with Crippen LogP contribution >= 0.6 is 0 Å². The first-order valence-corrected chi connectivity index (χ1v) is 7.99. The molecule has 0 bridgehead atoms. The summed E-state index contributed by atoms with van der Waals surface area (Å²) in [4.78, 5) is 35.8. The first kappa shape index (κ1) is 19.8. The van der Waals surface area contributed by atoms with Crippen LogP contribution in [0.4, 0.5) is 5.69 Å². The van der Waals surface area contributed by atoms with Crippen LogP contribution in [0.2, 0.25) is 0 Å². The lowest BCUT2D eigenvalue weighted by atomic mass is 10.2. The summed E-state index contributed by atoms with van der Waals surface area (Å²) in [6.07, 6.45) is 0. The number of methoxy groups -OCH3 is 2. The highest BCUT2D eigenvalue weighted by Crippen LogP contribution is 2.25. The van der Waals surface area contributed by atoms with Gasteiger partial charge in [-0.1, -0.05) is 6.07 Å². The summed E-state index contributed by atoms with van der Waals surface area (Å²) >= 11 is 0. The fourth-order valence-electron chi connectivity index (χ4n) is 2.26. The fourth-order valence-corrected chi connectivity index (χ4v) is 2.26. The maximum Gasteiger partial charge on any atom is 0.342 e. The number of amides is 2. The Hall–Kier alpha value is -3.55. The Bertz CT molecular complexity index is 850. The van der Waals surface area contributed by atoms with Crippen molar-refractivity contribution in [2.75, 3.05) is 33.2 Å². The number of hydrogen-bond donors (Lipinski definition) is 2. The van der Waals surface area contributed by atoms with Crippen LogP contribution in [0.1, 0.15) is 20.7 Å². The van der Waals surface area contributed by atoms with Gasteiger partial charge in [0.2, 0.25) is 0 Å². The first-order valence-electron chi connectivity index (χ1n) is 7.99. The average Bonchev–Trinajstić information content (AvgIpc) is 2.70. The molecule has 0 aliphatic heterocycles. The van der Waals surface area contributed by atoms with Crippen molar-refractivity contribution < 1.29 is 28.6 Å². The van der Waals surface area contributed by atoms with E-state index >= 15 is 0 Å². The SMILES string of the molecule is CNC(=O)c1cccc(NC(=O)COC(=O)c2ccc(OC)cc2OC)c1. The van der Waals surface area contributed by atoms with Crippen molar-refractivity contribution in [1.82, 2.24) is 5.32 Å². The number of nitrogens with one attached hydrogen (secondary N) is 2. The molecule has 0 saturated heterocycles. The van der Waals surface area contributed by atoms with Gasteiger partial charge >= 0.3 is 5.97 Å². The van der Waals surface area contributed by atoms with E-state index in [1.165, 1.54) is 33.4 Å². The fraction of sp³-hybridized carbons (Fsp3) is 0.211. The Morgan fingerprint density at radius 1 is 1.00 bits per heavy atom. The highest BCUT2D eigenvalue weighted by Gasteiger charge is 2.16. The summed E-state index contributed by atoms with van der Waals surface area (Å²) in [6, 6.07) is 11.0. The minimum Gasteiger partial charge on any atom is -0.497 e. The molecule has 142 valence electrons. The second kappa shape index (κ2) is 9.23. The Morgan fingerprint density at radius 2 is 1.78 bits per heavy atom. The topological polar surface area (TPSA) is 103 Å². The number of carbonyl (C=O) groups is 3. The molecule has 0 atom stereocenters. The van der Waals surface area contributed by atoms with Crippen molar-refractivity contribution in [2.24, 2.45) is 0 Å². The standard InChI is InChI=1S/C19H20N2O6/c1-20-18(23)12-5-4-6-13(9-12)21-17(22)11-27-19(24)15-8-7-14(25-2)10-16(15)26-3/h4-10H,11H2,1-3H3,(H,20,23)(H,21,22). The third-order valence-electron chi connectivity index (χ3n) is 3.60. The lowest BCUT2D eigenvalue weighted by molar-refractivity contribution is -0.119. The van der Waals surface area contributed by atoms with Crippen molar-refractivity contribution in [3.8, 4) is 11.5 Å². The van der Waals surface area contributed by atoms with E-state index in [1.807, 2.05) is 0 Å². The molecule has 0 aromatic heterocycles. The zero-order valence-corrected chi connectivity index (χ0v) is 15.2. The van der Waals surface area contributed by atoms with Crippen LogP contribution in [0.15, 0.2) is 42.5 Å². The molecule has 8 heteroatoms. The third kappa shape index (κ3) is 5.21. The van der Waals surface area contributed by atoms with Crippen molar-refractivity contribution >= 4 is 23.5 Å². The molecule has 27 heavy (non-hydrogen) atoms. The maximum atomic E-state index is 12.2. The number of ether oxygens (including phenoxy) is 3. The summed E-state index contributed by atoms with van der Waals surface area (Å²) < 4.78 is 15.2. The van der Waals surface area contributed by atoms with E-state index in [2.05, 4.69) is 10.6 Å². The third-order valence-corrected chi connectivity index (χ3v) is 3.60. The summed E-state index contributed by atoms with van der Waals surface area (Å²) in [5.41, 5.74) is 0.988. The van der Waals surface area contributed by atoms with E-state index in [4.69, 9.17) is 14.2 Å². The van der Waals surface area contributed by atoms with Gasteiger partial charge in [-0.2, -0.15) is 0 Å². The zero-order chi connectivity index (χ0) is 19.8. The molecule has 0 saturated carbocycles. The van der Waals surface area contributed by atoms with Crippen molar-refractivity contribution in [3.05, 3.63) is 53.6 Å². The number of carbonyl (C=O) groups excluding carboxylic acids is 3. The van der Waals surface area contributed by atoms with Gasteiger partial charge < -0.3 is 24.8 Å². The minimum atomic E-state index is -0.705. The smallest absolute Gasteiger partial charge is 0.342 e. The second-order valence-corrected chi connectivity index (χ2v) is 5.35. The van der Waals surface area contributed by atoms with Gasteiger partial charge in [0.1, 0.15) is 17.1 Å². The molecule has 0 aliphatic rings. The maximum absolute atomic E-state index is 12.2. The van der Waals surface area contributed by atoms with E-state index in [-0.39, 0.29) is 17.2 Å². The van der Waals surface area contributed by atoms with Gasteiger partial charge in [0.05, 0.1) is 14.2 Å². The van der Waals surface area contributed by atoms with Crippen LogP contribution in [0.5, 0.6) is 11.5 Å². The summed E-state index contributed by atoms with van der Waals surface area (Å²) in [5, 5.41) is 5.06. The number of rotatable bonds is 7. The largest absolute Gasteiger partial charge is 0.497 e. The van der Waals surface area contributed by atoms with Crippen LogP contribution < -0.4 is 20.1 Å². The summed E-state index contributed by atoms with van der Waals surface area (Å²) in [6.45, 7) is -0.488. The lowest BCUT2D eigenvalue weighted by Crippen LogP contribution is -2.22. The summed E-state index contributed by atoms with van der Waals surface area (Å²) in [5.74, 6) is -0.715. The molecule has 0 heterocycles. The van der Waals surface area contributed by atoms with E-state index in [9.17, 15) is 14.4 Å². The van der Waals surface area contributed by atoms with E-state index < -0.39 is 18.5 Å². The number of anilines is 1. The van der Waals surface area contributed by atoms with Crippen LogP contribution in [0.25, 0.3) is 0 Å². The molecule has 2 amide bonds. The molecule has 0 spiro atoms. The molecule has 2 N–H and O–H groups in total. The van der Waals surface area contributed by atoms with Crippen LogP contribution in [0, 0.1) is 0 Å². The van der Waals surface area contributed by atoms with Crippen molar-refractivity contribution in [3.63, 3.8) is 0 Å². The molecule has 2 aromatic carbocycles. The predicted octanol–water partition coefficient (Wildman–Crippen LogP) is 1.86. The van der Waals surface area contributed by atoms with Crippen LogP contribution in [-0.4, -0.2) is 45.7 Å². The molecule has 8 nitrogen and oxygen atoms in total. The van der Waals surface area contributed by atoms with E-state index in [0.717, 1.165) is 0 Å². The number of hydrogen-bond acceptors (Lipinski definition) is 6. The van der Waals surface area contributed by atoms with Gasteiger partial charge in [0.25, 0.3) is 11.8 Å². The molecular weight excluding hydrogens is 352 g/mol. The van der Waals surface area contributed by atoms with Gasteiger partial charge in [-0.3, -0.25) is 9.59 Å². The van der Waals surface area contributed by atoms with Gasteiger partial charge in [0.15, 0.2) is 6.61 Å². The Kier molecular flexibility index (Phi) is 6.76. The number of benzene rings is 2. The second-order valence-electron chi connectivity index (χ2n) is 5.35. The Morgan fingerprint density at radius 3 is 2.44 bits per heavy atom. The normalized spacial score (nSPS) is 9.89. The lowest BCUT2D eigenvalue weighted by Gasteiger charge is -2.11. The summed E-state index contributed by atoms with van der Waals surface area (Å²) in [7, 11) is 4.43. The van der Waals surface area contributed by atoms with Crippen LogP contribution in [-0.2, 0) is 9.53 Å². The molecule has 2 rings (SSSR count). The molecule has 2 aromatic rings. The highest BCUT2D eigenvalue weighted by molar-refractivity contribution is 5.99. The average molecular weight is 372 g/mol. The minimum absolute atomic E-state index is 0.174. The molecule has 0 aliphatic carbocycles. The quantitative estimate of drug-likeness (QED) is 0.719. The Balaban J connectivity index is 1.98. The van der Waals surface area contributed by atoms with Gasteiger partial charge in [-0.15, -0.1) is 0 Å². The van der Waals surface area contributed by atoms with Gasteiger partial charge in [-0.05, 0) is 30.3 Å². The monoisotopic (exact) mass is 372 g/mol. The zero-order valence-electron chi connectivity index (χ0n) is 15.2. The number of esters is 1. The molecular formula is C19H20N2O6. The van der Waals surface area contributed by atoms with E-state index in [0.29, 0.717) is 17.0 Å². The van der Waals surface area contributed by atoms with Crippen molar-refractivity contribution in [1.29, 1.82) is 0 Å². The molecule has 0 radical (unpaired) electrons. The van der Waals surface area contributed by atoms with Gasteiger partial charge in [-0.25, -0.2) is 4.79 Å². The first-order chi connectivity index (χ1) is 13.0. The predicted molar refractivity (Wildman–Crippen MR) is 98.3 cm³/mol. The Labute approximate surface area is 156 Å². The highest BCUT2D eigenvalue weighted by atomic mass is 16.5. The van der Waals surface area contributed by atoms with Crippen LogP contribution in [0.3, 0.4) is 0 Å².